The third-order valence-electron chi connectivity index (χ3n) is 4.78. The van der Waals surface area contributed by atoms with Crippen molar-refractivity contribution in [3.63, 3.8) is 0 Å². The number of carbonyl (C=O) groups excluding carboxylic acids is 3. The number of amides is 3. The summed E-state index contributed by atoms with van der Waals surface area (Å²) in [5.41, 5.74) is 3.07. The molecule has 3 N–H and O–H groups in total. The molecule has 0 aliphatic heterocycles. The van der Waals surface area contributed by atoms with Crippen LogP contribution in [0.1, 0.15) is 19.4 Å². The first kappa shape index (κ1) is 27.7. The van der Waals surface area contributed by atoms with Crippen molar-refractivity contribution in [3.05, 3.63) is 78.1 Å². The van der Waals surface area contributed by atoms with Gasteiger partial charge in [0.25, 0.3) is 5.91 Å². The fourth-order valence-electron chi connectivity index (χ4n) is 3.09. The quantitative estimate of drug-likeness (QED) is 0.200. The Morgan fingerprint density at radius 1 is 0.842 bits per heavy atom. The topological polar surface area (TPSA) is 127 Å². The lowest BCUT2D eigenvalue weighted by Gasteiger charge is -2.13. The SMILES string of the molecule is CCOc1ccc(NC(=O)COc2ccc(/C=N\NC(=O)C(=O)Nc3ccccc3F)cc2OCC)cc1. The molecule has 3 rings (SSSR count). The number of anilines is 2. The standard InChI is InChI=1S/C27H27FN4O6/c1-3-36-20-12-10-19(11-13-20)30-25(33)17-38-23-14-9-18(15-24(23)37-4-2)16-29-32-27(35)26(34)31-22-8-6-5-7-21(22)28/h5-16H,3-4,17H2,1-2H3,(H,30,33)(H,31,34)(H,32,35)/b29-16-. The zero-order valence-electron chi connectivity index (χ0n) is 20.8. The van der Waals surface area contributed by atoms with Crippen LogP contribution in [0.5, 0.6) is 17.2 Å². The van der Waals surface area contributed by atoms with E-state index in [1.54, 1.807) is 49.4 Å². The lowest BCUT2D eigenvalue weighted by molar-refractivity contribution is -0.136. The van der Waals surface area contributed by atoms with Gasteiger partial charge in [0, 0.05) is 5.69 Å². The number of carbonyl (C=O) groups is 3. The first-order valence-corrected chi connectivity index (χ1v) is 11.7. The molecule has 11 heteroatoms. The molecule has 0 bridgehead atoms. The number of halogens is 1. The van der Waals surface area contributed by atoms with Crippen molar-refractivity contribution >= 4 is 35.3 Å². The highest BCUT2D eigenvalue weighted by Gasteiger charge is 2.15. The Hall–Kier alpha value is -4.93. The van der Waals surface area contributed by atoms with E-state index in [9.17, 15) is 18.8 Å². The van der Waals surface area contributed by atoms with E-state index in [1.807, 2.05) is 6.92 Å². The van der Waals surface area contributed by atoms with Gasteiger partial charge in [-0.3, -0.25) is 14.4 Å². The molecule has 10 nitrogen and oxygen atoms in total. The number of rotatable bonds is 11. The van der Waals surface area contributed by atoms with E-state index in [4.69, 9.17) is 14.2 Å². The predicted molar refractivity (Wildman–Crippen MR) is 140 cm³/mol. The second-order valence-corrected chi connectivity index (χ2v) is 7.57. The number of hydrogen-bond donors (Lipinski definition) is 3. The molecule has 3 amide bonds. The van der Waals surface area contributed by atoms with Crippen molar-refractivity contribution in [2.75, 3.05) is 30.5 Å². The first-order chi connectivity index (χ1) is 18.4. The summed E-state index contributed by atoms with van der Waals surface area (Å²) in [7, 11) is 0. The summed E-state index contributed by atoms with van der Waals surface area (Å²) in [5.74, 6) is -1.79. The largest absolute Gasteiger partial charge is 0.494 e. The van der Waals surface area contributed by atoms with E-state index in [-0.39, 0.29) is 18.2 Å². The van der Waals surface area contributed by atoms with Crippen molar-refractivity contribution in [3.8, 4) is 17.2 Å². The highest BCUT2D eigenvalue weighted by atomic mass is 19.1. The van der Waals surface area contributed by atoms with Crippen LogP contribution in [0.4, 0.5) is 15.8 Å². The van der Waals surface area contributed by atoms with E-state index in [0.717, 1.165) is 6.07 Å². The van der Waals surface area contributed by atoms with Crippen LogP contribution >= 0.6 is 0 Å². The van der Waals surface area contributed by atoms with Crippen LogP contribution in [0.25, 0.3) is 0 Å². The van der Waals surface area contributed by atoms with Crippen LogP contribution in [0.15, 0.2) is 71.8 Å². The van der Waals surface area contributed by atoms with Gasteiger partial charge in [-0.2, -0.15) is 5.10 Å². The fraction of sp³-hybridized carbons (Fsp3) is 0.185. The van der Waals surface area contributed by atoms with Crippen molar-refractivity contribution in [2.45, 2.75) is 13.8 Å². The fourth-order valence-corrected chi connectivity index (χ4v) is 3.09. The Morgan fingerprint density at radius 3 is 2.29 bits per heavy atom. The summed E-state index contributed by atoms with van der Waals surface area (Å²) in [6.07, 6.45) is 1.29. The second-order valence-electron chi connectivity index (χ2n) is 7.57. The van der Waals surface area contributed by atoms with Crippen molar-refractivity contribution in [1.82, 2.24) is 5.43 Å². The molecule has 0 saturated heterocycles. The molecule has 38 heavy (non-hydrogen) atoms. The van der Waals surface area contributed by atoms with Crippen LogP contribution < -0.4 is 30.3 Å². The van der Waals surface area contributed by atoms with Gasteiger partial charge in [-0.05, 0) is 74.0 Å². The number of para-hydroxylation sites is 1. The minimum absolute atomic E-state index is 0.123. The Labute approximate surface area is 218 Å². The summed E-state index contributed by atoms with van der Waals surface area (Å²) in [5, 5.41) is 8.65. The van der Waals surface area contributed by atoms with Gasteiger partial charge in [0.2, 0.25) is 0 Å². The van der Waals surface area contributed by atoms with Crippen molar-refractivity contribution in [2.24, 2.45) is 5.10 Å². The molecule has 0 spiro atoms. The molecule has 3 aromatic carbocycles. The van der Waals surface area contributed by atoms with Gasteiger partial charge in [0.05, 0.1) is 25.1 Å². The second kappa shape index (κ2) is 14.0. The summed E-state index contributed by atoms with van der Waals surface area (Å²) in [6, 6.07) is 17.2. The Balaban J connectivity index is 1.54. The third kappa shape index (κ3) is 8.33. The van der Waals surface area contributed by atoms with Gasteiger partial charge in [0.15, 0.2) is 18.1 Å². The first-order valence-electron chi connectivity index (χ1n) is 11.7. The molecular formula is C27H27FN4O6. The van der Waals surface area contributed by atoms with Crippen LogP contribution in [-0.4, -0.2) is 43.8 Å². The number of hydrogen-bond acceptors (Lipinski definition) is 7. The van der Waals surface area contributed by atoms with E-state index >= 15 is 0 Å². The molecule has 0 aliphatic rings. The van der Waals surface area contributed by atoms with Gasteiger partial charge in [0.1, 0.15) is 11.6 Å². The van der Waals surface area contributed by atoms with Crippen LogP contribution in [0, 0.1) is 5.82 Å². The van der Waals surface area contributed by atoms with Gasteiger partial charge in [-0.15, -0.1) is 0 Å². The molecule has 0 aromatic heterocycles. The number of ether oxygens (including phenoxy) is 3. The monoisotopic (exact) mass is 522 g/mol. The Bertz CT molecular complexity index is 1300. The van der Waals surface area contributed by atoms with E-state index in [1.165, 1.54) is 24.4 Å². The summed E-state index contributed by atoms with van der Waals surface area (Å²) >= 11 is 0. The lowest BCUT2D eigenvalue weighted by Crippen LogP contribution is -2.32. The number of nitrogens with one attached hydrogen (secondary N) is 3. The van der Waals surface area contributed by atoms with Crippen LogP contribution in [0.3, 0.4) is 0 Å². The van der Waals surface area contributed by atoms with Gasteiger partial charge < -0.3 is 24.8 Å². The minimum Gasteiger partial charge on any atom is -0.494 e. The highest BCUT2D eigenvalue weighted by Crippen LogP contribution is 2.28. The smallest absolute Gasteiger partial charge is 0.329 e. The number of benzene rings is 3. The molecule has 3 aromatic rings. The molecule has 0 heterocycles. The molecule has 0 unspecified atom stereocenters. The van der Waals surface area contributed by atoms with Crippen LogP contribution in [0.2, 0.25) is 0 Å². The number of hydrazone groups is 1. The lowest BCUT2D eigenvalue weighted by atomic mass is 10.2. The van der Waals surface area contributed by atoms with E-state index in [0.29, 0.717) is 41.7 Å². The average Bonchev–Trinajstić information content (AvgIpc) is 2.91. The summed E-state index contributed by atoms with van der Waals surface area (Å²) < 4.78 is 30.2. The predicted octanol–water partition coefficient (Wildman–Crippen LogP) is 3.73. The maximum Gasteiger partial charge on any atom is 0.329 e. The van der Waals surface area contributed by atoms with Crippen molar-refractivity contribution in [1.29, 1.82) is 0 Å². The highest BCUT2D eigenvalue weighted by molar-refractivity contribution is 6.39. The molecule has 198 valence electrons. The van der Waals surface area contributed by atoms with Gasteiger partial charge >= 0.3 is 11.8 Å². The van der Waals surface area contributed by atoms with Crippen LogP contribution in [-0.2, 0) is 14.4 Å². The zero-order chi connectivity index (χ0) is 27.3. The maximum absolute atomic E-state index is 13.6. The average molecular weight is 523 g/mol. The summed E-state index contributed by atoms with van der Waals surface area (Å²) in [4.78, 5) is 36.2. The molecular weight excluding hydrogens is 495 g/mol. The van der Waals surface area contributed by atoms with E-state index < -0.39 is 17.6 Å². The third-order valence-corrected chi connectivity index (χ3v) is 4.78. The minimum atomic E-state index is -1.08. The summed E-state index contributed by atoms with van der Waals surface area (Å²) in [6.45, 7) is 4.31. The van der Waals surface area contributed by atoms with Crippen molar-refractivity contribution < 1.29 is 33.0 Å². The van der Waals surface area contributed by atoms with Gasteiger partial charge in [-0.1, -0.05) is 12.1 Å². The Kier molecular flexibility index (Phi) is 10.2. The molecule has 0 aliphatic carbocycles. The van der Waals surface area contributed by atoms with E-state index in [2.05, 4.69) is 21.2 Å². The molecule has 0 saturated carbocycles. The number of nitrogens with zero attached hydrogens (tertiary/aromatic N) is 1. The maximum atomic E-state index is 13.6. The normalized spacial score (nSPS) is 10.5. The zero-order valence-corrected chi connectivity index (χ0v) is 20.8. The molecule has 0 radical (unpaired) electrons. The molecule has 0 atom stereocenters. The van der Waals surface area contributed by atoms with Gasteiger partial charge in [-0.25, -0.2) is 9.82 Å². The molecule has 0 fully saturated rings. The Morgan fingerprint density at radius 2 is 1.58 bits per heavy atom.